The van der Waals surface area contributed by atoms with Gasteiger partial charge in [-0.15, -0.1) is 0 Å². The van der Waals surface area contributed by atoms with E-state index in [0.717, 1.165) is 0 Å². The Labute approximate surface area is 98.7 Å². The maximum atomic E-state index is 12.0. The molecule has 0 unspecified atom stereocenters. The zero-order valence-electron chi connectivity index (χ0n) is 9.34. The molecule has 0 bridgehead atoms. The first-order valence-corrected chi connectivity index (χ1v) is 6.36. The number of benzene rings is 1. The molecule has 2 aromatic rings. The molecule has 90 valence electrons. The Hall–Kier alpha value is -1.89. The Kier molecular flexibility index (Phi) is 2.84. The number of anilines is 1. The molecule has 0 radical (unpaired) electrons. The summed E-state index contributed by atoms with van der Waals surface area (Å²) >= 11 is 0. The summed E-state index contributed by atoms with van der Waals surface area (Å²) in [6, 6.07) is 6.52. The predicted octanol–water partition coefficient (Wildman–Crippen LogP) is 1.49. The van der Waals surface area contributed by atoms with Crippen molar-refractivity contribution in [2.24, 2.45) is 0 Å². The van der Waals surface area contributed by atoms with Crippen molar-refractivity contribution >= 4 is 16.0 Å². The lowest BCUT2D eigenvalue weighted by Gasteiger charge is -2.06. The molecule has 7 heteroatoms. The van der Waals surface area contributed by atoms with Crippen LogP contribution in [0.3, 0.4) is 0 Å². The Bertz CT molecular complexity index is 634. The average Bonchev–Trinajstić information content (AvgIpc) is 2.63. The van der Waals surface area contributed by atoms with Gasteiger partial charge in [-0.25, -0.2) is 13.1 Å². The number of rotatable bonds is 3. The van der Waals surface area contributed by atoms with Gasteiger partial charge in [0.25, 0.3) is 10.0 Å². The Balaban J connectivity index is 2.35. The summed E-state index contributed by atoms with van der Waals surface area (Å²) < 4.78 is 30.9. The molecule has 0 spiro atoms. The largest absolute Gasteiger partial charge is 0.335 e. The van der Waals surface area contributed by atoms with Crippen molar-refractivity contribution in [3.05, 3.63) is 35.7 Å². The normalized spacial score (nSPS) is 11.4. The van der Waals surface area contributed by atoms with Gasteiger partial charge in [0.2, 0.25) is 0 Å². The van der Waals surface area contributed by atoms with E-state index in [1.807, 2.05) is 0 Å². The van der Waals surface area contributed by atoms with Gasteiger partial charge in [-0.3, -0.25) is 0 Å². The van der Waals surface area contributed by atoms with Gasteiger partial charge in [-0.05, 0) is 25.5 Å². The second-order valence-electron chi connectivity index (χ2n) is 3.52. The number of nitrogens with one attached hydrogen (secondary N) is 1. The third-order valence-electron chi connectivity index (χ3n) is 2.13. The third-order valence-corrected chi connectivity index (χ3v) is 3.61. The fraction of sp³-hybridized carbons (Fsp3) is 0.200. The van der Waals surface area contributed by atoms with Crippen LogP contribution >= 0.6 is 0 Å². The first-order chi connectivity index (χ1) is 7.99. The van der Waals surface area contributed by atoms with Crippen LogP contribution in [0, 0.1) is 13.8 Å². The van der Waals surface area contributed by atoms with Crippen LogP contribution in [0.2, 0.25) is 0 Å². The van der Waals surface area contributed by atoms with E-state index in [2.05, 4.69) is 14.9 Å². The highest BCUT2D eigenvalue weighted by Gasteiger charge is 2.18. The molecule has 0 atom stereocenters. The molecular weight excluding hydrogens is 242 g/mol. The Morgan fingerprint density at radius 2 is 1.94 bits per heavy atom. The molecular formula is C10H11N3O3S. The minimum absolute atomic E-state index is 0.134. The Morgan fingerprint density at radius 1 is 1.24 bits per heavy atom. The minimum atomic E-state index is -3.68. The zero-order chi connectivity index (χ0) is 12.5. The summed E-state index contributed by atoms with van der Waals surface area (Å²) in [6.07, 6.45) is 0. The minimum Gasteiger partial charge on any atom is -0.314 e. The van der Waals surface area contributed by atoms with Gasteiger partial charge in [0.15, 0.2) is 5.82 Å². The molecule has 2 rings (SSSR count). The highest BCUT2D eigenvalue weighted by Crippen LogP contribution is 2.17. The van der Waals surface area contributed by atoms with Crippen LogP contribution in [0.5, 0.6) is 0 Å². The van der Waals surface area contributed by atoms with Gasteiger partial charge in [-0.1, -0.05) is 23.4 Å². The van der Waals surface area contributed by atoms with E-state index in [1.54, 1.807) is 32.0 Å². The number of nitrogens with zero attached hydrogens (tertiary/aromatic N) is 2. The average molecular weight is 253 g/mol. The molecule has 0 aliphatic heterocycles. The van der Waals surface area contributed by atoms with Gasteiger partial charge >= 0.3 is 6.01 Å². The molecule has 0 amide bonds. The van der Waals surface area contributed by atoms with Gasteiger partial charge in [-0.2, -0.15) is 4.98 Å². The van der Waals surface area contributed by atoms with Gasteiger partial charge in [0, 0.05) is 0 Å². The number of aromatic nitrogens is 2. The highest BCUT2D eigenvalue weighted by molar-refractivity contribution is 7.92. The summed E-state index contributed by atoms with van der Waals surface area (Å²) in [5.74, 6) is 0.368. The van der Waals surface area contributed by atoms with Crippen LogP contribution in [-0.2, 0) is 10.0 Å². The molecule has 0 aliphatic rings. The molecule has 0 aliphatic carbocycles. The molecule has 1 N–H and O–H groups in total. The van der Waals surface area contributed by atoms with Crippen molar-refractivity contribution in [2.45, 2.75) is 18.7 Å². The highest BCUT2D eigenvalue weighted by atomic mass is 32.2. The zero-order valence-corrected chi connectivity index (χ0v) is 10.2. The smallest absolute Gasteiger partial charge is 0.314 e. The summed E-state index contributed by atoms with van der Waals surface area (Å²) in [6.45, 7) is 3.32. The lowest BCUT2D eigenvalue weighted by molar-refractivity contribution is 0.429. The molecule has 1 heterocycles. The second kappa shape index (κ2) is 4.17. The lowest BCUT2D eigenvalue weighted by Crippen LogP contribution is -2.14. The lowest BCUT2D eigenvalue weighted by atomic mass is 10.2. The van der Waals surface area contributed by atoms with Crippen LogP contribution in [-0.4, -0.2) is 18.6 Å². The topological polar surface area (TPSA) is 85.1 Å². The van der Waals surface area contributed by atoms with Crippen molar-refractivity contribution in [1.82, 2.24) is 10.1 Å². The predicted molar refractivity (Wildman–Crippen MR) is 61.0 cm³/mol. The van der Waals surface area contributed by atoms with Crippen molar-refractivity contribution < 1.29 is 12.9 Å². The quantitative estimate of drug-likeness (QED) is 0.895. The summed E-state index contributed by atoms with van der Waals surface area (Å²) in [7, 11) is -3.68. The number of aryl methyl sites for hydroxylation is 2. The van der Waals surface area contributed by atoms with Crippen molar-refractivity contribution in [3.63, 3.8) is 0 Å². The van der Waals surface area contributed by atoms with E-state index in [1.165, 1.54) is 6.07 Å². The van der Waals surface area contributed by atoms with Crippen molar-refractivity contribution in [1.29, 1.82) is 0 Å². The first kappa shape index (κ1) is 11.6. The summed E-state index contributed by atoms with van der Waals surface area (Å²) in [4.78, 5) is 3.97. The Morgan fingerprint density at radius 3 is 2.53 bits per heavy atom. The van der Waals surface area contributed by atoms with Crippen molar-refractivity contribution in [3.8, 4) is 0 Å². The van der Waals surface area contributed by atoms with Gasteiger partial charge in [0.1, 0.15) is 0 Å². The molecule has 0 saturated heterocycles. The SMILES string of the molecule is Cc1noc(NS(=O)(=O)c2ccccc2C)n1. The fourth-order valence-electron chi connectivity index (χ4n) is 1.37. The summed E-state index contributed by atoms with van der Waals surface area (Å²) in [5.41, 5.74) is 0.649. The molecule has 17 heavy (non-hydrogen) atoms. The molecule has 0 saturated carbocycles. The fourth-order valence-corrected chi connectivity index (χ4v) is 2.54. The summed E-state index contributed by atoms with van der Waals surface area (Å²) in [5, 5.41) is 3.50. The first-order valence-electron chi connectivity index (χ1n) is 4.88. The van der Waals surface area contributed by atoms with E-state index in [-0.39, 0.29) is 10.9 Å². The number of sulfonamides is 1. The van der Waals surface area contributed by atoms with Crippen LogP contribution in [0.1, 0.15) is 11.4 Å². The second-order valence-corrected chi connectivity index (χ2v) is 5.17. The number of hydrogen-bond donors (Lipinski definition) is 1. The molecule has 6 nitrogen and oxygen atoms in total. The standard InChI is InChI=1S/C10H11N3O3S/c1-7-5-3-4-6-9(7)17(14,15)13-10-11-8(2)12-16-10/h3-6H,1-2H3,(H,11,12,13). The van der Waals surface area contributed by atoms with E-state index in [9.17, 15) is 8.42 Å². The van der Waals surface area contributed by atoms with Crippen LogP contribution in [0.4, 0.5) is 6.01 Å². The van der Waals surface area contributed by atoms with Crippen LogP contribution in [0.15, 0.2) is 33.7 Å². The number of hydrogen-bond acceptors (Lipinski definition) is 5. The molecule has 0 fully saturated rings. The van der Waals surface area contributed by atoms with E-state index in [4.69, 9.17) is 4.52 Å². The molecule has 1 aromatic heterocycles. The van der Waals surface area contributed by atoms with Crippen molar-refractivity contribution in [2.75, 3.05) is 4.72 Å². The maximum Gasteiger partial charge on any atom is 0.335 e. The molecule has 1 aromatic carbocycles. The maximum absolute atomic E-state index is 12.0. The van der Waals surface area contributed by atoms with E-state index < -0.39 is 10.0 Å². The monoisotopic (exact) mass is 253 g/mol. The van der Waals surface area contributed by atoms with E-state index in [0.29, 0.717) is 11.4 Å². The van der Waals surface area contributed by atoms with Gasteiger partial charge < -0.3 is 4.52 Å². The van der Waals surface area contributed by atoms with E-state index >= 15 is 0 Å². The third kappa shape index (κ3) is 2.44. The van der Waals surface area contributed by atoms with Crippen LogP contribution < -0.4 is 4.72 Å². The van der Waals surface area contributed by atoms with Crippen LogP contribution in [0.25, 0.3) is 0 Å². The van der Waals surface area contributed by atoms with Gasteiger partial charge in [0.05, 0.1) is 4.90 Å².